The zero-order chi connectivity index (χ0) is 19.4. The summed E-state index contributed by atoms with van der Waals surface area (Å²) in [6, 6.07) is 7.67. The van der Waals surface area contributed by atoms with Crippen molar-refractivity contribution >= 4 is 23.3 Å². The van der Waals surface area contributed by atoms with E-state index in [1.807, 2.05) is 38.1 Å². The molecule has 146 valence electrons. The van der Waals surface area contributed by atoms with Crippen LogP contribution in [0.15, 0.2) is 24.3 Å². The molecule has 2 N–H and O–H groups in total. The van der Waals surface area contributed by atoms with Gasteiger partial charge in [-0.25, -0.2) is 0 Å². The van der Waals surface area contributed by atoms with Crippen LogP contribution >= 0.6 is 0 Å². The van der Waals surface area contributed by atoms with E-state index in [1.165, 1.54) is 37.7 Å². The molecular weight excluding hydrogens is 340 g/mol. The molecule has 1 aromatic carbocycles. The van der Waals surface area contributed by atoms with Crippen molar-refractivity contribution < 1.29 is 14.4 Å². The third kappa shape index (κ3) is 4.96. The average molecular weight is 370 g/mol. The normalized spacial score (nSPS) is 24.0. The van der Waals surface area contributed by atoms with Gasteiger partial charge in [-0.15, -0.1) is 0 Å². The number of piperidine rings is 1. The van der Waals surface area contributed by atoms with E-state index in [9.17, 15) is 14.4 Å². The van der Waals surface area contributed by atoms with Crippen molar-refractivity contribution in [3.8, 4) is 0 Å². The summed E-state index contributed by atoms with van der Waals surface area (Å²) in [5.74, 6) is -1.56. The number of carbonyl (C=O) groups excluding carboxylic acids is 3. The van der Waals surface area contributed by atoms with E-state index >= 15 is 0 Å². The zero-order valence-electron chi connectivity index (χ0n) is 16.3. The van der Waals surface area contributed by atoms with E-state index in [-0.39, 0.29) is 18.2 Å². The lowest BCUT2D eigenvalue weighted by atomic mass is 9.84. The Kier molecular flexibility index (Phi) is 6.30. The first-order valence-corrected chi connectivity index (χ1v) is 10.2. The van der Waals surface area contributed by atoms with Crippen LogP contribution in [-0.4, -0.2) is 23.6 Å². The number of Topliss-reactive ketones (excluding diaryl/α,β-unsaturated/α-hetero) is 1. The second kappa shape index (κ2) is 8.68. The molecule has 5 nitrogen and oxygen atoms in total. The molecule has 0 bridgehead atoms. The van der Waals surface area contributed by atoms with Gasteiger partial charge in [-0.05, 0) is 48.8 Å². The van der Waals surface area contributed by atoms with Crippen molar-refractivity contribution in [3.63, 3.8) is 0 Å². The summed E-state index contributed by atoms with van der Waals surface area (Å²) in [5, 5.41) is 5.56. The Balaban J connectivity index is 1.59. The van der Waals surface area contributed by atoms with Crippen molar-refractivity contribution in [1.29, 1.82) is 0 Å². The third-order valence-corrected chi connectivity index (χ3v) is 5.65. The molecular formula is C22H30N2O3. The summed E-state index contributed by atoms with van der Waals surface area (Å²) in [7, 11) is 0. The minimum atomic E-state index is -1.24. The van der Waals surface area contributed by atoms with Crippen molar-refractivity contribution in [2.75, 3.05) is 5.32 Å². The maximum atomic E-state index is 12.5. The minimum Gasteiger partial charge on any atom is -0.352 e. The second-order valence-corrected chi connectivity index (χ2v) is 8.38. The SMILES string of the molecule is CC(C)CC1CC(=O)C(C(=O)Nc2ccc(C3CCCCC3)cc2)C(=O)N1. The van der Waals surface area contributed by atoms with E-state index in [2.05, 4.69) is 10.6 Å². The van der Waals surface area contributed by atoms with E-state index in [1.54, 1.807) is 0 Å². The first-order chi connectivity index (χ1) is 12.9. The molecule has 0 spiro atoms. The Morgan fingerprint density at radius 1 is 1.11 bits per heavy atom. The molecule has 0 aromatic heterocycles. The molecule has 1 aliphatic heterocycles. The lowest BCUT2D eigenvalue weighted by Gasteiger charge is -2.28. The van der Waals surface area contributed by atoms with Crippen LogP contribution < -0.4 is 10.6 Å². The predicted molar refractivity (Wildman–Crippen MR) is 105 cm³/mol. The Bertz CT molecular complexity index is 672. The maximum absolute atomic E-state index is 12.5. The minimum absolute atomic E-state index is 0.163. The number of hydrogen-bond acceptors (Lipinski definition) is 3. The molecule has 2 aliphatic rings. The van der Waals surface area contributed by atoms with Gasteiger partial charge in [0, 0.05) is 18.2 Å². The number of benzene rings is 1. The van der Waals surface area contributed by atoms with Gasteiger partial charge in [-0.2, -0.15) is 0 Å². The largest absolute Gasteiger partial charge is 0.352 e. The number of ketones is 1. The summed E-state index contributed by atoms with van der Waals surface area (Å²) in [6.07, 6.45) is 7.29. The Morgan fingerprint density at radius 3 is 2.37 bits per heavy atom. The number of nitrogens with one attached hydrogen (secondary N) is 2. The summed E-state index contributed by atoms with van der Waals surface area (Å²) in [6.45, 7) is 4.10. The van der Waals surface area contributed by atoms with Crippen molar-refractivity contribution in [3.05, 3.63) is 29.8 Å². The van der Waals surface area contributed by atoms with Crippen LogP contribution in [0.4, 0.5) is 5.69 Å². The topological polar surface area (TPSA) is 75.3 Å². The Labute approximate surface area is 161 Å². The summed E-state index contributed by atoms with van der Waals surface area (Å²) >= 11 is 0. The molecule has 2 amide bonds. The number of hydrogen-bond donors (Lipinski definition) is 2. The highest BCUT2D eigenvalue weighted by Gasteiger charge is 2.40. The number of rotatable bonds is 5. The van der Waals surface area contributed by atoms with Crippen molar-refractivity contribution in [1.82, 2.24) is 5.32 Å². The number of anilines is 1. The van der Waals surface area contributed by atoms with E-state index in [4.69, 9.17) is 0 Å². The van der Waals surface area contributed by atoms with E-state index < -0.39 is 17.7 Å². The van der Waals surface area contributed by atoms with Gasteiger partial charge in [0.25, 0.3) is 0 Å². The molecule has 1 heterocycles. The highest BCUT2D eigenvalue weighted by molar-refractivity contribution is 6.22. The van der Waals surface area contributed by atoms with Gasteiger partial charge in [-0.1, -0.05) is 45.2 Å². The smallest absolute Gasteiger partial charge is 0.244 e. The average Bonchev–Trinajstić information content (AvgIpc) is 2.62. The van der Waals surface area contributed by atoms with Gasteiger partial charge < -0.3 is 10.6 Å². The molecule has 1 aromatic rings. The Morgan fingerprint density at radius 2 is 1.78 bits per heavy atom. The fraction of sp³-hybridized carbons (Fsp3) is 0.591. The van der Waals surface area contributed by atoms with Crippen LogP contribution in [0.1, 0.15) is 70.3 Å². The van der Waals surface area contributed by atoms with E-state index in [0.717, 1.165) is 6.42 Å². The quantitative estimate of drug-likeness (QED) is 0.774. The number of amides is 2. The maximum Gasteiger partial charge on any atom is 0.244 e. The molecule has 3 rings (SSSR count). The fourth-order valence-corrected chi connectivity index (χ4v) is 4.31. The monoisotopic (exact) mass is 370 g/mol. The highest BCUT2D eigenvalue weighted by Crippen LogP contribution is 2.33. The van der Waals surface area contributed by atoms with Crippen LogP contribution in [0.5, 0.6) is 0 Å². The lowest BCUT2D eigenvalue weighted by molar-refractivity contribution is -0.143. The second-order valence-electron chi connectivity index (χ2n) is 8.38. The van der Waals surface area contributed by atoms with Gasteiger partial charge >= 0.3 is 0 Å². The molecule has 1 saturated carbocycles. The van der Waals surface area contributed by atoms with Gasteiger partial charge in [0.15, 0.2) is 11.7 Å². The molecule has 27 heavy (non-hydrogen) atoms. The van der Waals surface area contributed by atoms with Crippen LogP contribution in [0.3, 0.4) is 0 Å². The molecule has 1 aliphatic carbocycles. The van der Waals surface area contributed by atoms with Crippen LogP contribution in [-0.2, 0) is 14.4 Å². The molecule has 2 unspecified atom stereocenters. The lowest BCUT2D eigenvalue weighted by Crippen LogP contribution is -2.53. The van der Waals surface area contributed by atoms with Crippen LogP contribution in [0.2, 0.25) is 0 Å². The Hall–Kier alpha value is -2.17. The van der Waals surface area contributed by atoms with Crippen LogP contribution in [0, 0.1) is 11.8 Å². The highest BCUT2D eigenvalue weighted by atomic mass is 16.2. The van der Waals surface area contributed by atoms with Gasteiger partial charge in [0.1, 0.15) is 0 Å². The van der Waals surface area contributed by atoms with Crippen molar-refractivity contribution in [2.24, 2.45) is 11.8 Å². The third-order valence-electron chi connectivity index (χ3n) is 5.65. The first-order valence-electron chi connectivity index (χ1n) is 10.2. The summed E-state index contributed by atoms with van der Waals surface area (Å²) in [4.78, 5) is 37.2. The number of carbonyl (C=O) groups is 3. The van der Waals surface area contributed by atoms with Gasteiger partial charge in [0.2, 0.25) is 11.8 Å². The molecule has 1 saturated heterocycles. The summed E-state index contributed by atoms with van der Waals surface area (Å²) in [5.41, 5.74) is 1.93. The molecule has 2 fully saturated rings. The molecule has 2 atom stereocenters. The zero-order valence-corrected chi connectivity index (χ0v) is 16.3. The first kappa shape index (κ1) is 19.6. The fourth-order valence-electron chi connectivity index (χ4n) is 4.31. The van der Waals surface area contributed by atoms with Crippen LogP contribution in [0.25, 0.3) is 0 Å². The standard InChI is InChI=1S/C22H30N2O3/c1-14(2)12-18-13-19(25)20(22(27)24-18)21(26)23-17-10-8-16(9-11-17)15-6-4-3-5-7-15/h8-11,14-15,18,20H,3-7,12-13H2,1-2H3,(H,23,26)(H,24,27). The van der Waals surface area contributed by atoms with E-state index in [0.29, 0.717) is 17.5 Å². The molecule has 5 heteroatoms. The predicted octanol–water partition coefficient (Wildman–Crippen LogP) is 3.79. The van der Waals surface area contributed by atoms with Gasteiger partial charge in [0.05, 0.1) is 0 Å². The van der Waals surface area contributed by atoms with Gasteiger partial charge in [-0.3, -0.25) is 14.4 Å². The summed E-state index contributed by atoms with van der Waals surface area (Å²) < 4.78 is 0. The van der Waals surface area contributed by atoms with Crippen molar-refractivity contribution in [2.45, 2.75) is 70.8 Å². The molecule has 0 radical (unpaired) electrons.